The molecule has 1 fully saturated rings. The Morgan fingerprint density at radius 3 is 2.64 bits per heavy atom. The van der Waals surface area contributed by atoms with Gasteiger partial charge in [-0.3, -0.25) is 4.79 Å². The summed E-state index contributed by atoms with van der Waals surface area (Å²) < 4.78 is 0. The summed E-state index contributed by atoms with van der Waals surface area (Å²) >= 11 is 5.86. The number of aromatic nitrogens is 1. The molecule has 2 aromatic rings. The van der Waals surface area contributed by atoms with Crippen LogP contribution < -0.4 is 10.6 Å². The number of nitrogens with zero attached hydrogens (tertiary/aromatic N) is 2. The van der Waals surface area contributed by atoms with E-state index in [0.717, 1.165) is 30.9 Å². The van der Waals surface area contributed by atoms with E-state index in [-0.39, 0.29) is 5.91 Å². The van der Waals surface area contributed by atoms with Gasteiger partial charge >= 0.3 is 0 Å². The number of aryl methyl sites for hydroxylation is 1. The molecule has 0 aliphatic carbocycles. The SMILES string of the molecule is Cc1ccc(NCC2CCN(C(C)C)CC2)c(C(=O)Nc2ccc(Cl)cn2)c1. The number of carbonyl (C=O) groups excluding carboxylic acids is 1. The minimum absolute atomic E-state index is 0.171. The second-order valence-corrected chi connectivity index (χ2v) is 8.26. The van der Waals surface area contributed by atoms with Gasteiger partial charge in [-0.15, -0.1) is 0 Å². The Hall–Kier alpha value is -2.11. The summed E-state index contributed by atoms with van der Waals surface area (Å²) in [5, 5.41) is 6.90. The predicted molar refractivity (Wildman–Crippen MR) is 116 cm³/mol. The van der Waals surface area contributed by atoms with Crippen LogP contribution >= 0.6 is 11.6 Å². The highest BCUT2D eigenvalue weighted by Gasteiger charge is 2.21. The van der Waals surface area contributed by atoms with Crippen molar-refractivity contribution in [2.24, 2.45) is 5.92 Å². The van der Waals surface area contributed by atoms with E-state index in [2.05, 4.69) is 34.4 Å². The van der Waals surface area contributed by atoms with Crippen LogP contribution in [0.15, 0.2) is 36.5 Å². The van der Waals surface area contributed by atoms with Crippen LogP contribution in [-0.2, 0) is 0 Å². The molecule has 1 saturated heterocycles. The molecule has 0 unspecified atom stereocenters. The first-order chi connectivity index (χ1) is 13.4. The third kappa shape index (κ3) is 5.46. The molecule has 0 saturated carbocycles. The molecule has 0 radical (unpaired) electrons. The Kier molecular flexibility index (Phi) is 6.92. The largest absolute Gasteiger partial charge is 0.384 e. The number of amides is 1. The third-order valence-corrected chi connectivity index (χ3v) is 5.57. The lowest BCUT2D eigenvalue weighted by Gasteiger charge is -2.34. The number of nitrogens with one attached hydrogen (secondary N) is 2. The lowest BCUT2D eigenvalue weighted by atomic mass is 9.95. The number of halogens is 1. The molecule has 150 valence electrons. The molecular formula is C22H29ClN4O. The van der Waals surface area contributed by atoms with Crippen molar-refractivity contribution in [1.29, 1.82) is 0 Å². The van der Waals surface area contributed by atoms with E-state index < -0.39 is 0 Å². The smallest absolute Gasteiger partial charge is 0.258 e. The summed E-state index contributed by atoms with van der Waals surface area (Å²) in [6.07, 6.45) is 3.90. The summed E-state index contributed by atoms with van der Waals surface area (Å²) in [6.45, 7) is 9.68. The van der Waals surface area contributed by atoms with E-state index in [4.69, 9.17) is 11.6 Å². The van der Waals surface area contributed by atoms with Crippen LogP contribution in [0, 0.1) is 12.8 Å². The third-order valence-electron chi connectivity index (χ3n) is 5.35. The fourth-order valence-electron chi connectivity index (χ4n) is 3.56. The summed E-state index contributed by atoms with van der Waals surface area (Å²) in [4.78, 5) is 19.5. The summed E-state index contributed by atoms with van der Waals surface area (Å²) in [5.41, 5.74) is 2.55. The molecule has 1 aromatic heterocycles. The second-order valence-electron chi connectivity index (χ2n) is 7.82. The molecule has 1 amide bonds. The highest BCUT2D eigenvalue weighted by atomic mass is 35.5. The molecule has 2 N–H and O–H groups in total. The second kappa shape index (κ2) is 9.39. The maximum absolute atomic E-state index is 12.8. The molecule has 1 aromatic carbocycles. The summed E-state index contributed by atoms with van der Waals surface area (Å²) in [7, 11) is 0. The highest BCUT2D eigenvalue weighted by molar-refractivity contribution is 6.30. The van der Waals surface area contributed by atoms with E-state index in [0.29, 0.717) is 28.4 Å². The van der Waals surface area contributed by atoms with Gasteiger partial charge < -0.3 is 15.5 Å². The zero-order valence-corrected chi connectivity index (χ0v) is 17.6. The van der Waals surface area contributed by atoms with Crippen LogP contribution in [-0.4, -0.2) is 41.5 Å². The fraction of sp³-hybridized carbons (Fsp3) is 0.455. The number of hydrogen-bond donors (Lipinski definition) is 2. The first-order valence-electron chi connectivity index (χ1n) is 9.94. The van der Waals surface area contributed by atoms with Gasteiger partial charge in [-0.05, 0) is 76.9 Å². The van der Waals surface area contributed by atoms with Gasteiger partial charge in [-0.2, -0.15) is 0 Å². The van der Waals surface area contributed by atoms with Crippen LogP contribution in [0.4, 0.5) is 11.5 Å². The first kappa shape index (κ1) is 20.6. The Bertz CT molecular complexity index is 799. The van der Waals surface area contributed by atoms with Gasteiger partial charge in [-0.1, -0.05) is 23.2 Å². The Labute approximate surface area is 172 Å². The van der Waals surface area contributed by atoms with Crippen molar-refractivity contribution < 1.29 is 4.79 Å². The average molecular weight is 401 g/mol. The maximum Gasteiger partial charge on any atom is 0.258 e. The van der Waals surface area contributed by atoms with Gasteiger partial charge in [0.25, 0.3) is 5.91 Å². The molecule has 0 spiro atoms. The van der Waals surface area contributed by atoms with E-state index in [1.807, 2.05) is 25.1 Å². The Balaban J connectivity index is 1.64. The van der Waals surface area contributed by atoms with E-state index in [1.54, 1.807) is 12.1 Å². The van der Waals surface area contributed by atoms with Crippen molar-refractivity contribution in [1.82, 2.24) is 9.88 Å². The number of likely N-dealkylation sites (tertiary alicyclic amines) is 1. The average Bonchev–Trinajstić information content (AvgIpc) is 2.69. The standard InChI is InChI=1S/C22H29ClN4O/c1-15(2)27-10-8-17(9-11-27)13-24-20-6-4-16(3)12-19(20)22(28)26-21-7-5-18(23)14-25-21/h4-7,12,14-15,17,24H,8-11,13H2,1-3H3,(H,25,26,28). The topological polar surface area (TPSA) is 57.3 Å². The fourth-order valence-corrected chi connectivity index (χ4v) is 3.67. The Morgan fingerprint density at radius 1 is 1.25 bits per heavy atom. The van der Waals surface area contributed by atoms with Crippen LogP contribution in [0.5, 0.6) is 0 Å². The number of pyridine rings is 1. The zero-order valence-electron chi connectivity index (χ0n) is 16.8. The molecule has 28 heavy (non-hydrogen) atoms. The van der Waals surface area contributed by atoms with Crippen LogP contribution in [0.1, 0.15) is 42.6 Å². The number of rotatable bonds is 6. The molecule has 6 heteroatoms. The van der Waals surface area contributed by atoms with Crippen LogP contribution in [0.3, 0.4) is 0 Å². The van der Waals surface area contributed by atoms with Gasteiger partial charge in [0.15, 0.2) is 0 Å². The minimum Gasteiger partial charge on any atom is -0.384 e. The van der Waals surface area contributed by atoms with Crippen LogP contribution in [0.25, 0.3) is 0 Å². The first-order valence-corrected chi connectivity index (χ1v) is 10.3. The van der Waals surface area contributed by atoms with Gasteiger partial charge in [0.2, 0.25) is 0 Å². The quantitative estimate of drug-likeness (QED) is 0.729. The minimum atomic E-state index is -0.171. The molecular weight excluding hydrogens is 372 g/mol. The summed E-state index contributed by atoms with van der Waals surface area (Å²) in [5.74, 6) is 0.948. The number of carbonyl (C=O) groups is 1. The van der Waals surface area contributed by atoms with Gasteiger partial charge in [0, 0.05) is 24.5 Å². The number of benzene rings is 1. The molecule has 0 atom stereocenters. The highest BCUT2D eigenvalue weighted by Crippen LogP contribution is 2.23. The number of piperidine rings is 1. The predicted octanol–water partition coefficient (Wildman–Crippen LogP) is 4.83. The van der Waals surface area contributed by atoms with Gasteiger partial charge in [0.05, 0.1) is 10.6 Å². The number of hydrogen-bond acceptors (Lipinski definition) is 4. The number of anilines is 2. The molecule has 1 aliphatic rings. The summed E-state index contributed by atoms with van der Waals surface area (Å²) in [6, 6.07) is 9.95. The monoisotopic (exact) mass is 400 g/mol. The Morgan fingerprint density at radius 2 is 2.00 bits per heavy atom. The lowest BCUT2D eigenvalue weighted by molar-refractivity contribution is 0.102. The maximum atomic E-state index is 12.8. The van der Waals surface area contributed by atoms with Crippen molar-refractivity contribution in [3.8, 4) is 0 Å². The zero-order chi connectivity index (χ0) is 20.1. The normalized spacial score (nSPS) is 15.6. The molecule has 2 heterocycles. The van der Waals surface area contributed by atoms with E-state index in [9.17, 15) is 4.79 Å². The van der Waals surface area contributed by atoms with E-state index in [1.165, 1.54) is 19.0 Å². The van der Waals surface area contributed by atoms with E-state index >= 15 is 0 Å². The van der Waals surface area contributed by atoms with Gasteiger partial charge in [-0.25, -0.2) is 4.98 Å². The van der Waals surface area contributed by atoms with Gasteiger partial charge in [0.1, 0.15) is 5.82 Å². The molecule has 1 aliphatic heterocycles. The lowest BCUT2D eigenvalue weighted by Crippen LogP contribution is -2.39. The van der Waals surface area contributed by atoms with Crippen molar-refractivity contribution in [2.75, 3.05) is 30.3 Å². The van der Waals surface area contributed by atoms with Crippen molar-refractivity contribution in [3.05, 3.63) is 52.7 Å². The van der Waals surface area contributed by atoms with Crippen molar-refractivity contribution in [3.63, 3.8) is 0 Å². The van der Waals surface area contributed by atoms with Crippen molar-refractivity contribution in [2.45, 2.75) is 39.7 Å². The molecule has 0 bridgehead atoms. The van der Waals surface area contributed by atoms with Crippen LogP contribution in [0.2, 0.25) is 5.02 Å². The molecule has 5 nitrogen and oxygen atoms in total. The molecule has 3 rings (SSSR count). The van der Waals surface area contributed by atoms with Crippen molar-refractivity contribution >= 4 is 29.0 Å².